The summed E-state index contributed by atoms with van der Waals surface area (Å²) in [6.45, 7) is 0. The molecule has 0 bridgehead atoms. The fourth-order valence-electron chi connectivity index (χ4n) is 1.43. The molecule has 94 valence electrons. The summed E-state index contributed by atoms with van der Waals surface area (Å²) in [4.78, 5) is 0.165. The van der Waals surface area contributed by atoms with E-state index in [-0.39, 0.29) is 10.7 Å². The molecule has 0 spiro atoms. The van der Waals surface area contributed by atoms with Crippen molar-refractivity contribution in [2.75, 3.05) is 6.26 Å². The Morgan fingerprint density at radius 3 is 2.39 bits per heavy atom. The van der Waals surface area contributed by atoms with Gasteiger partial charge in [-0.2, -0.15) is 5.10 Å². The molecule has 0 fully saturated rings. The summed E-state index contributed by atoms with van der Waals surface area (Å²) in [5, 5.41) is 11.3. The molecule has 0 atom stereocenters. The van der Waals surface area contributed by atoms with Crippen LogP contribution in [-0.2, 0) is 9.84 Å². The first-order chi connectivity index (χ1) is 8.38. The number of benzene rings is 1. The summed E-state index contributed by atoms with van der Waals surface area (Å²) < 4.78 is 24.1. The van der Waals surface area contributed by atoms with Gasteiger partial charge in [0.1, 0.15) is 10.7 Å². The Labute approximate surface area is 104 Å². The number of nitrogens with zero attached hydrogens (tertiary/aromatic N) is 2. The molecule has 0 aliphatic carbocycles. The average Bonchev–Trinajstić information content (AvgIpc) is 2.78. The predicted octanol–water partition coefficient (Wildman–Crippen LogP) is 0.560. The Kier molecular flexibility index (Phi) is 2.92. The maximum atomic E-state index is 11.3. The number of nitrogens with two attached hydrogens (primary N) is 1. The third-order valence-electron chi connectivity index (χ3n) is 2.43. The molecule has 1 aromatic heterocycles. The Bertz CT molecular complexity index is 686. The van der Waals surface area contributed by atoms with Gasteiger partial charge in [0.25, 0.3) is 0 Å². The van der Waals surface area contributed by atoms with Crippen LogP contribution in [0.4, 0.5) is 0 Å². The number of aromatic nitrogens is 2. The lowest BCUT2D eigenvalue weighted by Gasteiger charge is -2.02. The highest BCUT2D eigenvalue weighted by molar-refractivity contribution is 7.90. The monoisotopic (exact) mass is 264 g/mol. The largest absolute Gasteiger partial charge is 0.384 e. The van der Waals surface area contributed by atoms with Gasteiger partial charge in [-0.05, 0) is 24.3 Å². The van der Waals surface area contributed by atoms with Crippen LogP contribution in [0.5, 0.6) is 0 Å². The molecule has 3 N–H and O–H groups in total. The van der Waals surface area contributed by atoms with E-state index in [1.54, 1.807) is 24.3 Å². The molecule has 2 rings (SSSR count). The van der Waals surface area contributed by atoms with Crippen LogP contribution in [0.15, 0.2) is 41.6 Å². The van der Waals surface area contributed by atoms with Gasteiger partial charge in [-0.1, -0.05) is 0 Å². The van der Waals surface area contributed by atoms with Crippen LogP contribution in [0.2, 0.25) is 0 Å². The van der Waals surface area contributed by atoms with Crippen molar-refractivity contribution < 1.29 is 8.42 Å². The summed E-state index contributed by atoms with van der Waals surface area (Å²) in [6.07, 6.45) is 3.87. The van der Waals surface area contributed by atoms with E-state index in [4.69, 9.17) is 11.1 Å². The van der Waals surface area contributed by atoms with Crippen LogP contribution in [0.3, 0.4) is 0 Å². The number of nitrogen functional groups attached to an aromatic ring is 1. The van der Waals surface area contributed by atoms with E-state index >= 15 is 0 Å². The molecule has 2 aromatic rings. The molecule has 18 heavy (non-hydrogen) atoms. The Morgan fingerprint density at radius 1 is 1.33 bits per heavy atom. The zero-order chi connectivity index (χ0) is 13.3. The lowest BCUT2D eigenvalue weighted by atomic mass is 10.2. The molecule has 1 aromatic carbocycles. The second-order valence-electron chi connectivity index (χ2n) is 3.85. The van der Waals surface area contributed by atoms with Crippen LogP contribution >= 0.6 is 0 Å². The summed E-state index contributed by atoms with van der Waals surface area (Å²) in [7, 11) is -3.25. The van der Waals surface area contributed by atoms with E-state index in [0.29, 0.717) is 11.3 Å². The van der Waals surface area contributed by atoms with Gasteiger partial charge in [-0.15, -0.1) is 0 Å². The second-order valence-corrected chi connectivity index (χ2v) is 5.87. The van der Waals surface area contributed by atoms with Crippen molar-refractivity contribution in [1.29, 1.82) is 5.41 Å². The lowest BCUT2D eigenvalue weighted by Crippen LogP contribution is -2.10. The van der Waals surface area contributed by atoms with Crippen LogP contribution in [-0.4, -0.2) is 30.3 Å². The van der Waals surface area contributed by atoms with E-state index in [2.05, 4.69) is 5.10 Å². The van der Waals surface area contributed by atoms with Crippen molar-refractivity contribution >= 4 is 15.7 Å². The molecule has 6 nitrogen and oxygen atoms in total. The quantitative estimate of drug-likeness (QED) is 0.624. The molecule has 0 unspecified atom stereocenters. The summed E-state index contributed by atoms with van der Waals surface area (Å²) in [6, 6.07) is 6.80. The molecule has 0 aliphatic heterocycles. The van der Waals surface area contributed by atoms with Crippen molar-refractivity contribution in [2.45, 2.75) is 4.90 Å². The van der Waals surface area contributed by atoms with Gasteiger partial charge in [0.05, 0.1) is 11.9 Å². The molecule has 7 heteroatoms. The highest BCUT2D eigenvalue weighted by atomic mass is 32.2. The van der Waals surface area contributed by atoms with E-state index in [0.717, 1.165) is 6.26 Å². The molecule has 0 aliphatic rings. The minimum absolute atomic E-state index is 0.0150. The van der Waals surface area contributed by atoms with Gasteiger partial charge in [0.15, 0.2) is 9.84 Å². The molecule has 0 amide bonds. The van der Waals surface area contributed by atoms with E-state index < -0.39 is 9.84 Å². The maximum absolute atomic E-state index is 11.3. The van der Waals surface area contributed by atoms with Crippen molar-refractivity contribution in [3.05, 3.63) is 42.2 Å². The fourth-order valence-corrected chi connectivity index (χ4v) is 1.96. The van der Waals surface area contributed by atoms with Gasteiger partial charge in [0, 0.05) is 18.0 Å². The smallest absolute Gasteiger partial charge is 0.178 e. The van der Waals surface area contributed by atoms with Gasteiger partial charge >= 0.3 is 0 Å². The van der Waals surface area contributed by atoms with Crippen molar-refractivity contribution in [3.8, 4) is 5.69 Å². The van der Waals surface area contributed by atoms with Crippen molar-refractivity contribution in [3.63, 3.8) is 0 Å². The number of rotatable bonds is 3. The Morgan fingerprint density at radius 2 is 1.94 bits per heavy atom. The second kappa shape index (κ2) is 4.26. The first kappa shape index (κ1) is 12.3. The maximum Gasteiger partial charge on any atom is 0.178 e. The minimum atomic E-state index is -3.25. The number of hydrogen-bond acceptors (Lipinski definition) is 4. The fraction of sp³-hybridized carbons (Fsp3) is 0.0909. The first-order valence-corrected chi connectivity index (χ1v) is 6.96. The summed E-state index contributed by atoms with van der Waals surface area (Å²) in [5.41, 5.74) is 6.65. The molecular formula is C11H12N4O2S. The zero-order valence-corrected chi connectivity index (χ0v) is 10.5. The SMILES string of the molecule is CS(=O)(=O)c1cnn(-c2ccc(C(=N)N)cc2)c1. The van der Waals surface area contributed by atoms with Gasteiger partial charge in [-0.25, -0.2) is 13.1 Å². The number of hydrogen-bond donors (Lipinski definition) is 2. The average molecular weight is 264 g/mol. The Balaban J connectivity index is 2.38. The van der Waals surface area contributed by atoms with E-state index in [1.807, 2.05) is 0 Å². The van der Waals surface area contributed by atoms with Gasteiger partial charge in [-0.3, -0.25) is 5.41 Å². The standard InChI is InChI=1S/C11H12N4O2S/c1-18(16,17)10-6-14-15(7-10)9-4-2-8(3-5-9)11(12)13/h2-7H,1H3,(H3,12,13). The topological polar surface area (TPSA) is 102 Å². The van der Waals surface area contributed by atoms with Crippen molar-refractivity contribution in [2.24, 2.45) is 5.73 Å². The van der Waals surface area contributed by atoms with Gasteiger partial charge < -0.3 is 5.73 Å². The molecule has 0 radical (unpaired) electrons. The number of sulfone groups is 1. The third kappa shape index (κ3) is 2.40. The van der Waals surface area contributed by atoms with Crippen LogP contribution in [0.25, 0.3) is 5.69 Å². The zero-order valence-electron chi connectivity index (χ0n) is 9.66. The van der Waals surface area contributed by atoms with E-state index in [9.17, 15) is 8.42 Å². The molecule has 1 heterocycles. The predicted molar refractivity (Wildman–Crippen MR) is 67.7 cm³/mol. The number of amidine groups is 1. The minimum Gasteiger partial charge on any atom is -0.384 e. The lowest BCUT2D eigenvalue weighted by molar-refractivity contribution is 0.602. The normalized spacial score (nSPS) is 11.4. The van der Waals surface area contributed by atoms with Crippen molar-refractivity contribution in [1.82, 2.24) is 9.78 Å². The van der Waals surface area contributed by atoms with Crippen LogP contribution < -0.4 is 5.73 Å². The van der Waals surface area contributed by atoms with Crippen LogP contribution in [0, 0.1) is 5.41 Å². The summed E-state index contributed by atoms with van der Waals surface area (Å²) in [5.74, 6) is -0.0150. The highest BCUT2D eigenvalue weighted by Crippen LogP contribution is 2.12. The molecule has 0 saturated carbocycles. The highest BCUT2D eigenvalue weighted by Gasteiger charge is 2.10. The number of nitrogens with one attached hydrogen (secondary N) is 1. The molecule has 0 saturated heterocycles. The first-order valence-electron chi connectivity index (χ1n) is 5.07. The van der Waals surface area contributed by atoms with Crippen LogP contribution in [0.1, 0.15) is 5.56 Å². The Hall–Kier alpha value is -2.15. The van der Waals surface area contributed by atoms with E-state index in [1.165, 1.54) is 17.1 Å². The third-order valence-corrected chi connectivity index (χ3v) is 3.50. The molecular weight excluding hydrogens is 252 g/mol. The van der Waals surface area contributed by atoms with Gasteiger partial charge in [0.2, 0.25) is 0 Å². The summed E-state index contributed by atoms with van der Waals surface area (Å²) >= 11 is 0.